The van der Waals surface area contributed by atoms with Gasteiger partial charge in [0, 0.05) is 64.0 Å². The Labute approximate surface area is 309 Å². The number of pyridine rings is 2. The van der Waals surface area contributed by atoms with Crippen LogP contribution in [-0.2, 0) is 0 Å². The molecule has 0 amide bonds. The molecule has 0 aliphatic heterocycles. The molecule has 258 valence electrons. The Morgan fingerprint density at radius 2 is 0.889 bits per heavy atom. The van der Waals surface area contributed by atoms with Crippen molar-refractivity contribution in [3.05, 3.63) is 164 Å². The Morgan fingerprint density at radius 3 is 1.37 bits per heavy atom. The number of hydrogen-bond donors (Lipinski definition) is 0. The van der Waals surface area contributed by atoms with Crippen molar-refractivity contribution in [1.29, 1.82) is 0 Å². The highest BCUT2D eigenvalue weighted by atomic mass is 16.5. The second kappa shape index (κ2) is 12.9. The van der Waals surface area contributed by atoms with E-state index in [9.17, 15) is 0 Å². The first-order chi connectivity index (χ1) is 26.7. The van der Waals surface area contributed by atoms with E-state index in [1.165, 1.54) is 0 Å². The minimum atomic E-state index is 0.422. The van der Waals surface area contributed by atoms with Crippen LogP contribution in [0.3, 0.4) is 0 Å². The number of ether oxygens (including phenoxy) is 3. The molecule has 54 heavy (non-hydrogen) atoms. The molecule has 0 saturated heterocycles. The van der Waals surface area contributed by atoms with E-state index in [4.69, 9.17) is 14.2 Å². The minimum Gasteiger partial charge on any atom is -0.490 e. The molecule has 0 saturated carbocycles. The average Bonchev–Trinajstić information content (AvgIpc) is 3.74. The molecule has 9 heteroatoms. The summed E-state index contributed by atoms with van der Waals surface area (Å²) in [4.78, 5) is 18.4. The molecule has 0 aliphatic carbocycles. The average molecular weight is 703 g/mol. The molecular formula is C45H30N6O3. The van der Waals surface area contributed by atoms with Crippen LogP contribution in [0.4, 0.5) is 0 Å². The van der Waals surface area contributed by atoms with Crippen LogP contribution in [0.1, 0.15) is 0 Å². The lowest BCUT2D eigenvalue weighted by Gasteiger charge is -2.17. The highest BCUT2D eigenvalue weighted by Crippen LogP contribution is 2.46. The van der Waals surface area contributed by atoms with Crippen molar-refractivity contribution in [3.63, 3.8) is 0 Å². The van der Waals surface area contributed by atoms with E-state index >= 15 is 0 Å². The van der Waals surface area contributed by atoms with Gasteiger partial charge in [-0.15, -0.1) is 0 Å². The number of hydrogen-bond acceptors (Lipinski definition) is 7. The van der Waals surface area contributed by atoms with Gasteiger partial charge in [0.2, 0.25) is 5.75 Å². The molecule has 0 aliphatic rings. The zero-order valence-electron chi connectivity index (χ0n) is 29.0. The second-order valence-corrected chi connectivity index (χ2v) is 12.7. The number of rotatable bonds is 8. The van der Waals surface area contributed by atoms with Crippen LogP contribution < -0.4 is 14.2 Å². The topological polar surface area (TPSA) is 89.1 Å². The maximum absolute atomic E-state index is 6.72. The maximum atomic E-state index is 6.72. The largest absolute Gasteiger partial charge is 0.490 e. The number of aromatic nitrogens is 6. The third-order valence-corrected chi connectivity index (χ3v) is 9.55. The summed E-state index contributed by atoms with van der Waals surface area (Å²) in [7, 11) is 1.61. The molecule has 10 rings (SSSR count). The first kappa shape index (κ1) is 31.2. The summed E-state index contributed by atoms with van der Waals surface area (Å²) in [5.41, 5.74) is 4.73. The van der Waals surface area contributed by atoms with Crippen LogP contribution in [0, 0.1) is 0 Å². The normalized spacial score (nSPS) is 11.4. The quantitative estimate of drug-likeness (QED) is 0.156. The number of fused-ring (bicyclic) bond motifs is 6. The fourth-order valence-corrected chi connectivity index (χ4v) is 7.25. The molecular weight excluding hydrogens is 673 g/mol. The summed E-state index contributed by atoms with van der Waals surface area (Å²) in [5, 5.41) is 4.43. The SMILES string of the molecule is COc1c(Oc2ccc3c4ccccc4n(-c4ccccn4)c3c2)cc(-c2ncccn2)cc1Oc1ccc2c3ccccc3n(-c3ccccn3)c2c1. The number of benzene rings is 5. The maximum Gasteiger partial charge on any atom is 0.204 e. The standard InChI is InChI=1S/C45H30N6O3/c1-52-44-40(53-30-17-19-34-32-11-2-4-13-36(32)50(38(34)27-30)42-15-6-8-21-46-42)25-29(45-48-23-10-24-49-45)26-41(44)54-31-18-20-35-33-12-3-5-14-37(33)51(39(35)28-31)43-16-7-9-22-47-43/h2-28H,1H3. The van der Waals surface area contributed by atoms with Crippen molar-refractivity contribution in [1.82, 2.24) is 29.1 Å². The second-order valence-electron chi connectivity index (χ2n) is 12.7. The van der Waals surface area contributed by atoms with E-state index in [0.717, 1.165) is 55.2 Å². The fraction of sp³-hybridized carbons (Fsp3) is 0.0222. The van der Waals surface area contributed by atoms with Gasteiger partial charge in [0.15, 0.2) is 17.3 Å². The van der Waals surface area contributed by atoms with Gasteiger partial charge in [0.25, 0.3) is 0 Å². The van der Waals surface area contributed by atoms with Gasteiger partial charge >= 0.3 is 0 Å². The molecule has 0 bridgehead atoms. The summed E-state index contributed by atoms with van der Waals surface area (Å²) in [5.74, 6) is 4.69. The van der Waals surface area contributed by atoms with Gasteiger partial charge in [0.1, 0.15) is 23.1 Å². The molecule has 0 unspecified atom stereocenters. The van der Waals surface area contributed by atoms with Crippen LogP contribution in [0.15, 0.2) is 164 Å². The van der Waals surface area contributed by atoms with Gasteiger partial charge in [-0.3, -0.25) is 9.13 Å². The van der Waals surface area contributed by atoms with Crippen molar-refractivity contribution in [2.45, 2.75) is 0 Å². The van der Waals surface area contributed by atoms with Crippen molar-refractivity contribution in [2.24, 2.45) is 0 Å². The highest BCUT2D eigenvalue weighted by molar-refractivity contribution is 6.10. The van der Waals surface area contributed by atoms with Crippen molar-refractivity contribution >= 4 is 43.6 Å². The smallest absolute Gasteiger partial charge is 0.204 e. The third-order valence-electron chi connectivity index (χ3n) is 9.55. The molecule has 0 atom stereocenters. The van der Waals surface area contributed by atoms with Gasteiger partial charge in [-0.1, -0.05) is 48.5 Å². The highest BCUT2D eigenvalue weighted by Gasteiger charge is 2.21. The Kier molecular flexibility index (Phi) is 7.47. The molecule has 5 aromatic carbocycles. The van der Waals surface area contributed by atoms with Gasteiger partial charge in [-0.25, -0.2) is 19.9 Å². The van der Waals surface area contributed by atoms with Crippen molar-refractivity contribution < 1.29 is 14.2 Å². The van der Waals surface area contributed by atoms with Crippen LogP contribution in [0.2, 0.25) is 0 Å². The first-order valence-electron chi connectivity index (χ1n) is 17.5. The summed E-state index contributed by atoms with van der Waals surface area (Å²) < 4.78 is 23.8. The van der Waals surface area contributed by atoms with E-state index in [1.807, 2.05) is 84.9 Å². The van der Waals surface area contributed by atoms with E-state index in [0.29, 0.717) is 40.1 Å². The molecule has 0 radical (unpaired) electrons. The summed E-state index contributed by atoms with van der Waals surface area (Å²) in [6.07, 6.45) is 7.02. The van der Waals surface area contributed by atoms with Gasteiger partial charge in [-0.2, -0.15) is 0 Å². The molecule has 5 aromatic heterocycles. The fourth-order valence-electron chi connectivity index (χ4n) is 7.25. The first-order valence-corrected chi connectivity index (χ1v) is 17.5. The van der Waals surface area contributed by atoms with E-state index in [-0.39, 0.29) is 0 Å². The summed E-state index contributed by atoms with van der Waals surface area (Å²) in [6, 6.07) is 46.1. The van der Waals surface area contributed by atoms with Crippen LogP contribution in [0.5, 0.6) is 28.7 Å². The molecule has 9 nitrogen and oxygen atoms in total. The minimum absolute atomic E-state index is 0.422. The Hall–Kier alpha value is -7.52. The van der Waals surface area contributed by atoms with E-state index in [2.05, 4.69) is 77.6 Å². The Bertz CT molecular complexity index is 2800. The molecule has 0 fully saturated rings. The Balaban J connectivity index is 1.11. The van der Waals surface area contributed by atoms with E-state index in [1.54, 1.807) is 38.0 Å². The van der Waals surface area contributed by atoms with E-state index < -0.39 is 0 Å². The zero-order chi connectivity index (χ0) is 36.0. The van der Waals surface area contributed by atoms with Crippen LogP contribution in [0.25, 0.3) is 66.6 Å². The summed E-state index contributed by atoms with van der Waals surface area (Å²) in [6.45, 7) is 0. The van der Waals surface area contributed by atoms with Crippen molar-refractivity contribution in [2.75, 3.05) is 7.11 Å². The predicted molar refractivity (Wildman–Crippen MR) is 211 cm³/mol. The lowest BCUT2D eigenvalue weighted by molar-refractivity contribution is 0.353. The molecule has 5 heterocycles. The lowest BCUT2D eigenvalue weighted by atomic mass is 10.1. The molecule has 10 aromatic rings. The van der Waals surface area contributed by atoms with Crippen LogP contribution in [-0.4, -0.2) is 36.2 Å². The molecule has 0 spiro atoms. The van der Waals surface area contributed by atoms with Gasteiger partial charge in [-0.05, 0) is 78.9 Å². The number of methoxy groups -OCH3 is 1. The predicted octanol–water partition coefficient (Wildman–Crippen LogP) is 10.7. The Morgan fingerprint density at radius 1 is 0.426 bits per heavy atom. The number of para-hydroxylation sites is 2. The lowest BCUT2D eigenvalue weighted by Crippen LogP contribution is -1.98. The zero-order valence-corrected chi connectivity index (χ0v) is 29.0. The van der Waals surface area contributed by atoms with Crippen molar-refractivity contribution in [3.8, 4) is 51.8 Å². The van der Waals surface area contributed by atoms with Gasteiger partial charge in [0.05, 0.1) is 29.2 Å². The molecule has 0 N–H and O–H groups in total. The monoisotopic (exact) mass is 702 g/mol. The van der Waals surface area contributed by atoms with Gasteiger partial charge < -0.3 is 14.2 Å². The third kappa shape index (κ3) is 5.26. The summed E-state index contributed by atoms with van der Waals surface area (Å²) >= 11 is 0. The number of nitrogens with zero attached hydrogens (tertiary/aromatic N) is 6. The van der Waals surface area contributed by atoms with Crippen LogP contribution >= 0.6 is 0 Å².